The van der Waals surface area contributed by atoms with Gasteiger partial charge in [-0.25, -0.2) is 0 Å². The second-order valence-corrected chi connectivity index (χ2v) is 9.63. The minimum absolute atomic E-state index is 0.134. The van der Waals surface area contributed by atoms with E-state index in [1.807, 2.05) is 34.6 Å². The molecule has 7 nitrogen and oxygen atoms in total. The Morgan fingerprint density at radius 1 is 1.17 bits per heavy atom. The van der Waals surface area contributed by atoms with E-state index in [-0.39, 0.29) is 36.1 Å². The number of hydrogen-bond acceptors (Lipinski definition) is 7. The van der Waals surface area contributed by atoms with Crippen LogP contribution < -0.4 is 0 Å². The highest BCUT2D eigenvalue weighted by atomic mass is 16.8. The van der Waals surface area contributed by atoms with Gasteiger partial charge in [0.2, 0.25) is 0 Å². The average molecular weight is 411 g/mol. The molecule has 0 aromatic rings. The average Bonchev–Trinajstić information content (AvgIpc) is 3.33. The van der Waals surface area contributed by atoms with Crippen molar-refractivity contribution in [3.8, 4) is 0 Å². The second kappa shape index (κ2) is 7.02. The predicted molar refractivity (Wildman–Crippen MR) is 104 cm³/mol. The molecule has 3 heterocycles. The van der Waals surface area contributed by atoms with Crippen LogP contribution in [0.1, 0.15) is 53.9 Å². The fourth-order valence-electron chi connectivity index (χ4n) is 5.98. The monoisotopic (exact) mass is 410 g/mol. The van der Waals surface area contributed by atoms with Gasteiger partial charge in [-0.15, -0.1) is 0 Å². The van der Waals surface area contributed by atoms with E-state index in [2.05, 4.69) is 6.58 Å². The van der Waals surface area contributed by atoms with Crippen LogP contribution in [0.4, 0.5) is 0 Å². The summed E-state index contributed by atoms with van der Waals surface area (Å²) in [6, 6.07) is 0. The standard InChI is InChI=1S/C22H34O7/c1-8-13(18(23)24-7)15-12(2)9-10-22(15)16(14-11-25-20(3,4)27-14)26-19-17(22)28-21(5,6)29-19/h13-17,19H,2,8-11H2,1,3-7H3/t13-,14+,15-,16+,17-,19+,22+/m0/s1. The van der Waals surface area contributed by atoms with E-state index in [9.17, 15) is 4.79 Å². The minimum atomic E-state index is -0.749. The van der Waals surface area contributed by atoms with E-state index < -0.39 is 23.3 Å². The molecular formula is C22H34O7. The summed E-state index contributed by atoms with van der Waals surface area (Å²) in [7, 11) is 1.44. The van der Waals surface area contributed by atoms with Gasteiger partial charge >= 0.3 is 5.97 Å². The summed E-state index contributed by atoms with van der Waals surface area (Å²) in [4.78, 5) is 12.7. The van der Waals surface area contributed by atoms with Gasteiger partial charge in [-0.1, -0.05) is 19.1 Å². The molecule has 0 aromatic carbocycles. The Bertz CT molecular complexity index is 687. The van der Waals surface area contributed by atoms with E-state index in [1.54, 1.807) is 0 Å². The molecule has 7 heteroatoms. The Hall–Kier alpha value is -0.990. The minimum Gasteiger partial charge on any atom is -0.469 e. The number of allylic oxidation sites excluding steroid dienone is 1. The second-order valence-electron chi connectivity index (χ2n) is 9.63. The number of rotatable bonds is 4. The van der Waals surface area contributed by atoms with Crippen LogP contribution in [0, 0.1) is 17.3 Å². The highest BCUT2D eigenvalue weighted by Crippen LogP contribution is 2.63. The summed E-state index contributed by atoms with van der Waals surface area (Å²) in [5, 5.41) is 0. The van der Waals surface area contributed by atoms with Crippen LogP contribution in [-0.4, -0.2) is 55.9 Å². The van der Waals surface area contributed by atoms with Crippen LogP contribution in [0.15, 0.2) is 12.2 Å². The lowest BCUT2D eigenvalue weighted by Gasteiger charge is -2.43. The van der Waals surface area contributed by atoms with Crippen molar-refractivity contribution in [2.45, 2.75) is 90.1 Å². The Balaban J connectivity index is 1.77. The van der Waals surface area contributed by atoms with Crippen molar-refractivity contribution < 1.29 is 33.2 Å². The number of carbonyl (C=O) groups is 1. The molecule has 4 rings (SSSR count). The van der Waals surface area contributed by atoms with Crippen molar-refractivity contribution in [2.75, 3.05) is 13.7 Å². The fraction of sp³-hybridized carbons (Fsp3) is 0.864. The molecule has 3 aliphatic heterocycles. The third kappa shape index (κ3) is 3.26. The van der Waals surface area contributed by atoms with E-state index >= 15 is 0 Å². The maximum atomic E-state index is 12.7. The van der Waals surface area contributed by atoms with Gasteiger partial charge in [0.05, 0.1) is 25.7 Å². The summed E-state index contributed by atoms with van der Waals surface area (Å²) in [5.74, 6) is -2.09. The Labute approximate surface area is 173 Å². The quantitative estimate of drug-likeness (QED) is 0.521. The van der Waals surface area contributed by atoms with E-state index in [1.165, 1.54) is 7.11 Å². The zero-order valence-electron chi connectivity index (χ0n) is 18.4. The molecule has 0 bridgehead atoms. The molecule has 1 saturated carbocycles. The van der Waals surface area contributed by atoms with Gasteiger partial charge < -0.3 is 28.4 Å². The van der Waals surface area contributed by atoms with Crippen LogP contribution >= 0.6 is 0 Å². The summed E-state index contributed by atoms with van der Waals surface area (Å²) in [5.41, 5.74) is 0.557. The Morgan fingerprint density at radius 3 is 2.48 bits per heavy atom. The lowest BCUT2D eigenvalue weighted by Crippen LogP contribution is -2.53. The van der Waals surface area contributed by atoms with E-state index in [0.29, 0.717) is 13.0 Å². The van der Waals surface area contributed by atoms with Gasteiger partial charge in [-0.05, 0) is 47.0 Å². The lowest BCUT2D eigenvalue weighted by atomic mass is 9.63. The maximum Gasteiger partial charge on any atom is 0.309 e. The van der Waals surface area contributed by atoms with Crippen molar-refractivity contribution in [2.24, 2.45) is 17.3 Å². The number of esters is 1. The zero-order valence-corrected chi connectivity index (χ0v) is 18.4. The third-order valence-electron chi connectivity index (χ3n) is 7.01. The molecule has 0 N–H and O–H groups in total. The van der Waals surface area contributed by atoms with Gasteiger partial charge in [-0.3, -0.25) is 4.79 Å². The normalized spacial score (nSPS) is 43.7. The molecule has 3 saturated heterocycles. The highest BCUT2D eigenvalue weighted by molar-refractivity contribution is 5.73. The molecule has 164 valence electrons. The Morgan fingerprint density at radius 2 is 1.90 bits per heavy atom. The molecule has 1 spiro atoms. The van der Waals surface area contributed by atoms with Gasteiger partial charge in [0.15, 0.2) is 17.9 Å². The summed E-state index contributed by atoms with van der Waals surface area (Å²) in [6.07, 6.45) is 0.855. The van der Waals surface area contributed by atoms with Crippen LogP contribution in [0.2, 0.25) is 0 Å². The molecule has 4 aliphatic rings. The lowest BCUT2D eigenvalue weighted by molar-refractivity contribution is -0.241. The first-order valence-electron chi connectivity index (χ1n) is 10.6. The van der Waals surface area contributed by atoms with Crippen molar-refractivity contribution >= 4 is 5.97 Å². The summed E-state index contributed by atoms with van der Waals surface area (Å²) >= 11 is 0. The molecule has 0 radical (unpaired) electrons. The molecule has 0 unspecified atom stereocenters. The van der Waals surface area contributed by atoms with Gasteiger partial charge in [0.25, 0.3) is 0 Å². The van der Waals surface area contributed by atoms with E-state index in [0.717, 1.165) is 18.4 Å². The smallest absolute Gasteiger partial charge is 0.309 e. The fourth-order valence-corrected chi connectivity index (χ4v) is 5.98. The first kappa shape index (κ1) is 21.2. The molecule has 7 atom stereocenters. The van der Waals surface area contributed by atoms with Crippen LogP contribution in [0.3, 0.4) is 0 Å². The zero-order chi connectivity index (χ0) is 21.2. The van der Waals surface area contributed by atoms with Gasteiger partial charge in [0.1, 0.15) is 12.2 Å². The summed E-state index contributed by atoms with van der Waals surface area (Å²) < 4.78 is 36.2. The molecular weight excluding hydrogens is 376 g/mol. The maximum absolute atomic E-state index is 12.7. The highest BCUT2D eigenvalue weighted by Gasteiger charge is 2.71. The Kier molecular flexibility index (Phi) is 5.15. The number of hydrogen-bond donors (Lipinski definition) is 0. The van der Waals surface area contributed by atoms with Crippen molar-refractivity contribution in [1.29, 1.82) is 0 Å². The number of carbonyl (C=O) groups excluding carboxylic acids is 1. The van der Waals surface area contributed by atoms with Crippen LogP contribution in [0.25, 0.3) is 0 Å². The SMILES string of the molecule is C=C1CC[C@]2([C@@H]([C@H]3COC(C)(C)O3)O[C@@H]3OC(C)(C)O[C@@H]32)[C@@H]1[C@H](CC)C(=O)OC. The molecule has 0 amide bonds. The molecule has 1 aliphatic carbocycles. The van der Waals surface area contributed by atoms with E-state index in [4.69, 9.17) is 28.4 Å². The largest absolute Gasteiger partial charge is 0.469 e. The predicted octanol–water partition coefficient (Wildman–Crippen LogP) is 3.17. The molecule has 0 aromatic heterocycles. The first-order valence-corrected chi connectivity index (χ1v) is 10.6. The van der Waals surface area contributed by atoms with Crippen molar-refractivity contribution in [3.63, 3.8) is 0 Å². The van der Waals surface area contributed by atoms with Crippen LogP contribution in [-0.2, 0) is 33.2 Å². The number of methoxy groups -OCH3 is 1. The number of fused-ring (bicyclic) bond motifs is 2. The van der Waals surface area contributed by atoms with Gasteiger partial charge in [0, 0.05) is 11.3 Å². The van der Waals surface area contributed by atoms with Crippen molar-refractivity contribution in [1.82, 2.24) is 0 Å². The van der Waals surface area contributed by atoms with Crippen molar-refractivity contribution in [3.05, 3.63) is 12.2 Å². The molecule has 29 heavy (non-hydrogen) atoms. The first-order chi connectivity index (χ1) is 13.5. The third-order valence-corrected chi connectivity index (χ3v) is 7.01. The summed E-state index contributed by atoms with van der Waals surface area (Å²) in [6.45, 7) is 14.4. The number of ether oxygens (including phenoxy) is 6. The molecule has 4 fully saturated rings. The van der Waals surface area contributed by atoms with Crippen LogP contribution in [0.5, 0.6) is 0 Å². The van der Waals surface area contributed by atoms with Gasteiger partial charge in [-0.2, -0.15) is 0 Å². The topological polar surface area (TPSA) is 72.5 Å².